The van der Waals surface area contributed by atoms with E-state index in [1.807, 2.05) is 70.2 Å². The first-order valence-corrected chi connectivity index (χ1v) is 12.8. The smallest absolute Gasteiger partial charge is 0.333 e. The quantitative estimate of drug-likeness (QED) is 0.377. The number of benzene rings is 3. The molecule has 0 heterocycles. The second kappa shape index (κ2) is 10.4. The van der Waals surface area contributed by atoms with E-state index in [0.29, 0.717) is 11.3 Å². The zero-order valence-electron chi connectivity index (χ0n) is 20.2. The number of aliphatic hydroxyl groups excluding tert-OH is 1. The summed E-state index contributed by atoms with van der Waals surface area (Å²) >= 11 is 0. The van der Waals surface area contributed by atoms with Gasteiger partial charge in [0.25, 0.3) is 10.0 Å². The molecular weight excluding hydrogens is 448 g/mol. The van der Waals surface area contributed by atoms with Gasteiger partial charge in [-0.1, -0.05) is 70.2 Å². The van der Waals surface area contributed by atoms with Gasteiger partial charge < -0.3 is 10.4 Å². The lowest BCUT2D eigenvalue weighted by Gasteiger charge is -2.22. The lowest BCUT2D eigenvalue weighted by Crippen LogP contribution is -2.35. The molecule has 0 spiro atoms. The minimum Gasteiger partial charge on any atom is -0.389 e. The number of nitrogens with one attached hydrogen (secondary N) is 2. The lowest BCUT2D eigenvalue weighted by molar-refractivity contribution is 0.199. The first kappa shape index (κ1) is 25.5. The zero-order valence-corrected chi connectivity index (χ0v) is 21.0. The average Bonchev–Trinajstić information content (AvgIpc) is 2.79. The van der Waals surface area contributed by atoms with E-state index in [9.17, 15) is 18.3 Å². The molecule has 7 heteroatoms. The van der Waals surface area contributed by atoms with Gasteiger partial charge in [0.2, 0.25) is 0 Å². The zero-order chi connectivity index (χ0) is 25.0. The molecule has 1 atom stereocenters. The van der Waals surface area contributed by atoms with Crippen LogP contribution in [0.5, 0.6) is 0 Å². The fourth-order valence-electron chi connectivity index (χ4n) is 3.80. The first-order chi connectivity index (χ1) is 16.0. The highest BCUT2D eigenvalue weighted by Crippen LogP contribution is 2.37. The second-order valence-corrected chi connectivity index (χ2v) is 10.7. The molecule has 34 heavy (non-hydrogen) atoms. The SMILES string of the molecule is CC(C)c1cc(-c2ccccc2)cc(C(C)C)c1NC(=O)NS(=O)(=O)c1cccc(C(C)O)c1. The molecule has 3 aromatic rings. The summed E-state index contributed by atoms with van der Waals surface area (Å²) in [4.78, 5) is 12.8. The fourth-order valence-corrected chi connectivity index (χ4v) is 4.76. The molecule has 0 aliphatic heterocycles. The van der Waals surface area contributed by atoms with E-state index < -0.39 is 22.2 Å². The van der Waals surface area contributed by atoms with Crippen molar-refractivity contribution in [2.45, 2.75) is 57.5 Å². The number of carbonyl (C=O) groups excluding carboxylic acids is 1. The lowest BCUT2D eigenvalue weighted by atomic mass is 9.88. The van der Waals surface area contributed by atoms with E-state index in [2.05, 4.69) is 10.0 Å². The van der Waals surface area contributed by atoms with Crippen LogP contribution in [0.1, 0.15) is 69.2 Å². The van der Waals surface area contributed by atoms with Crippen LogP contribution in [0.2, 0.25) is 0 Å². The molecule has 0 bridgehead atoms. The van der Waals surface area contributed by atoms with Crippen LogP contribution in [-0.2, 0) is 10.0 Å². The fraction of sp³-hybridized carbons (Fsp3) is 0.296. The summed E-state index contributed by atoms with van der Waals surface area (Å²) in [5, 5.41) is 12.6. The Kier molecular flexibility index (Phi) is 7.79. The Labute approximate surface area is 202 Å². The molecule has 0 aliphatic rings. The monoisotopic (exact) mass is 480 g/mol. The molecular formula is C27H32N2O4S. The minimum absolute atomic E-state index is 0.0892. The molecule has 2 amide bonds. The first-order valence-electron chi connectivity index (χ1n) is 11.3. The number of rotatable bonds is 7. The molecule has 0 fully saturated rings. The Morgan fingerprint density at radius 1 is 0.794 bits per heavy atom. The predicted molar refractivity (Wildman–Crippen MR) is 136 cm³/mol. The number of hydrogen-bond acceptors (Lipinski definition) is 4. The van der Waals surface area contributed by atoms with Gasteiger partial charge in [0, 0.05) is 5.69 Å². The predicted octanol–water partition coefficient (Wildman–Crippen LogP) is 6.16. The largest absolute Gasteiger partial charge is 0.389 e. The third-order valence-electron chi connectivity index (χ3n) is 5.67. The van der Waals surface area contributed by atoms with Crippen LogP contribution in [-0.4, -0.2) is 19.6 Å². The number of urea groups is 1. The third-order valence-corrected chi connectivity index (χ3v) is 7.00. The molecule has 3 rings (SSSR count). The van der Waals surface area contributed by atoms with Crippen molar-refractivity contribution < 1.29 is 18.3 Å². The standard InChI is InChI=1S/C27H32N2O4S/c1-17(2)24-15-22(20-10-7-6-8-11-20)16-25(18(3)4)26(24)28-27(31)29-34(32,33)23-13-9-12-21(14-23)19(5)30/h6-19,30H,1-5H3,(H2,28,29,31). The van der Waals surface area contributed by atoms with Gasteiger partial charge in [-0.15, -0.1) is 0 Å². The van der Waals surface area contributed by atoms with Crippen LogP contribution in [0.3, 0.4) is 0 Å². The maximum atomic E-state index is 12.9. The van der Waals surface area contributed by atoms with Crippen molar-refractivity contribution in [3.8, 4) is 11.1 Å². The van der Waals surface area contributed by atoms with Gasteiger partial charge >= 0.3 is 6.03 Å². The molecule has 0 saturated carbocycles. The maximum absolute atomic E-state index is 12.9. The number of sulfonamides is 1. The molecule has 3 N–H and O–H groups in total. The van der Waals surface area contributed by atoms with Crippen LogP contribution in [0.15, 0.2) is 71.6 Å². The number of amides is 2. The molecule has 6 nitrogen and oxygen atoms in total. The Bertz CT molecular complexity index is 1240. The van der Waals surface area contributed by atoms with Gasteiger partial charge in [0.1, 0.15) is 0 Å². The van der Waals surface area contributed by atoms with Gasteiger partial charge in [-0.2, -0.15) is 0 Å². The Balaban J connectivity index is 1.96. The van der Waals surface area contributed by atoms with Gasteiger partial charge in [-0.05, 0) is 70.8 Å². The van der Waals surface area contributed by atoms with Crippen molar-refractivity contribution in [2.75, 3.05) is 5.32 Å². The number of carbonyl (C=O) groups is 1. The maximum Gasteiger partial charge on any atom is 0.333 e. The van der Waals surface area contributed by atoms with Crippen LogP contribution in [0.25, 0.3) is 11.1 Å². The molecule has 0 aliphatic carbocycles. The summed E-state index contributed by atoms with van der Waals surface area (Å²) in [5.74, 6) is 0.187. The number of anilines is 1. The van der Waals surface area contributed by atoms with E-state index in [4.69, 9.17) is 0 Å². The van der Waals surface area contributed by atoms with E-state index in [-0.39, 0.29) is 16.7 Å². The third kappa shape index (κ3) is 5.85. The summed E-state index contributed by atoms with van der Waals surface area (Å²) in [6.45, 7) is 9.70. The van der Waals surface area contributed by atoms with Crippen LogP contribution in [0.4, 0.5) is 10.5 Å². The van der Waals surface area contributed by atoms with Gasteiger partial charge in [-0.3, -0.25) is 0 Å². The van der Waals surface area contributed by atoms with Crippen molar-refractivity contribution in [3.05, 3.63) is 83.4 Å². The van der Waals surface area contributed by atoms with Crippen molar-refractivity contribution in [3.63, 3.8) is 0 Å². The average molecular weight is 481 g/mol. The number of aliphatic hydroxyl groups is 1. The summed E-state index contributed by atoms with van der Waals surface area (Å²) in [7, 11) is -4.13. The summed E-state index contributed by atoms with van der Waals surface area (Å²) < 4.78 is 27.8. The van der Waals surface area contributed by atoms with Crippen LogP contribution in [0, 0.1) is 0 Å². The highest BCUT2D eigenvalue weighted by Gasteiger charge is 2.22. The minimum atomic E-state index is -4.13. The van der Waals surface area contributed by atoms with Crippen LogP contribution >= 0.6 is 0 Å². The van der Waals surface area contributed by atoms with Crippen molar-refractivity contribution >= 4 is 21.7 Å². The van der Waals surface area contributed by atoms with Crippen molar-refractivity contribution in [1.82, 2.24) is 4.72 Å². The van der Waals surface area contributed by atoms with Gasteiger partial charge in [-0.25, -0.2) is 17.9 Å². The summed E-state index contributed by atoms with van der Waals surface area (Å²) in [6, 6.07) is 19.2. The van der Waals surface area contributed by atoms with Gasteiger partial charge in [0.15, 0.2) is 0 Å². The Morgan fingerprint density at radius 2 is 1.38 bits per heavy atom. The van der Waals surface area contributed by atoms with E-state index in [1.165, 1.54) is 18.2 Å². The van der Waals surface area contributed by atoms with Crippen molar-refractivity contribution in [2.24, 2.45) is 0 Å². The summed E-state index contributed by atoms with van der Waals surface area (Å²) in [6.07, 6.45) is -0.825. The highest BCUT2D eigenvalue weighted by atomic mass is 32.2. The van der Waals surface area contributed by atoms with E-state index in [1.54, 1.807) is 13.0 Å². The van der Waals surface area contributed by atoms with Gasteiger partial charge in [0.05, 0.1) is 11.0 Å². The Morgan fingerprint density at radius 3 is 1.91 bits per heavy atom. The van der Waals surface area contributed by atoms with E-state index in [0.717, 1.165) is 22.3 Å². The van der Waals surface area contributed by atoms with Crippen LogP contribution < -0.4 is 10.0 Å². The second-order valence-electron chi connectivity index (χ2n) is 9.01. The molecule has 1 unspecified atom stereocenters. The molecule has 0 radical (unpaired) electrons. The molecule has 3 aromatic carbocycles. The molecule has 180 valence electrons. The highest BCUT2D eigenvalue weighted by molar-refractivity contribution is 7.90. The topological polar surface area (TPSA) is 95.5 Å². The van der Waals surface area contributed by atoms with E-state index >= 15 is 0 Å². The number of hydrogen-bond donors (Lipinski definition) is 3. The normalized spacial score (nSPS) is 12.6. The molecule has 0 saturated heterocycles. The molecule has 0 aromatic heterocycles. The summed E-state index contributed by atoms with van der Waals surface area (Å²) in [5.41, 5.74) is 5.03. The Hall–Kier alpha value is -3.16. The van der Waals surface area contributed by atoms with Crippen molar-refractivity contribution in [1.29, 1.82) is 0 Å².